The maximum atomic E-state index is 11.2. The molecule has 0 spiro atoms. The van der Waals surface area contributed by atoms with Crippen LogP contribution >= 0.6 is 0 Å². The maximum absolute atomic E-state index is 11.2. The molecule has 3 rings (SSSR count). The Balaban J connectivity index is 1.92. The predicted molar refractivity (Wildman–Crippen MR) is 78.5 cm³/mol. The monoisotopic (exact) mass is 297 g/mol. The summed E-state index contributed by atoms with van der Waals surface area (Å²) < 4.78 is 7.00. The van der Waals surface area contributed by atoms with Crippen LogP contribution in [0.4, 0.5) is 5.69 Å². The molecule has 0 fully saturated rings. The molecule has 2 aromatic heterocycles. The normalized spacial score (nSPS) is 11.1. The molecule has 22 heavy (non-hydrogen) atoms. The largest absolute Gasteiger partial charge is 0.455 e. The highest BCUT2D eigenvalue weighted by Crippen LogP contribution is 2.31. The van der Waals surface area contributed by atoms with Crippen molar-refractivity contribution in [3.05, 3.63) is 64.4 Å². The molecular formula is C14H11N5O3. The second kappa shape index (κ2) is 5.60. The number of rotatable bonds is 4. The minimum atomic E-state index is -0.421. The number of hydrogen-bond acceptors (Lipinski definition) is 6. The molecule has 0 amide bonds. The van der Waals surface area contributed by atoms with Crippen LogP contribution in [-0.2, 0) is 0 Å². The summed E-state index contributed by atoms with van der Waals surface area (Å²) in [6.45, 7) is 1.80. The number of aromatic nitrogens is 3. The van der Waals surface area contributed by atoms with E-state index in [1.165, 1.54) is 29.6 Å². The SMILES string of the molecule is Cc1ccc(-c2ccc(/C=N/n3cnnc3)o2)c([N+](=O)[O-])c1. The third-order valence-corrected chi connectivity index (χ3v) is 2.97. The van der Waals surface area contributed by atoms with E-state index < -0.39 is 4.92 Å². The van der Waals surface area contributed by atoms with Gasteiger partial charge in [-0.2, -0.15) is 5.10 Å². The van der Waals surface area contributed by atoms with Gasteiger partial charge in [-0.3, -0.25) is 10.1 Å². The van der Waals surface area contributed by atoms with E-state index in [1.54, 1.807) is 31.2 Å². The minimum absolute atomic E-state index is 0.0108. The molecule has 110 valence electrons. The first-order valence-corrected chi connectivity index (χ1v) is 6.38. The smallest absolute Gasteiger partial charge is 0.280 e. The molecule has 0 aliphatic heterocycles. The van der Waals surface area contributed by atoms with Crippen LogP contribution in [-0.4, -0.2) is 26.0 Å². The zero-order chi connectivity index (χ0) is 15.5. The highest BCUT2D eigenvalue weighted by molar-refractivity contribution is 5.78. The van der Waals surface area contributed by atoms with E-state index >= 15 is 0 Å². The van der Waals surface area contributed by atoms with Gasteiger partial charge >= 0.3 is 0 Å². The second-order valence-corrected chi connectivity index (χ2v) is 4.57. The Morgan fingerprint density at radius 2 is 2.05 bits per heavy atom. The van der Waals surface area contributed by atoms with Crippen molar-refractivity contribution < 1.29 is 9.34 Å². The standard InChI is InChI=1S/C14H11N5O3/c1-10-2-4-12(13(6-10)19(20)21)14-5-3-11(22-14)7-17-18-8-15-16-9-18/h2-9H,1H3/b17-7+. The second-order valence-electron chi connectivity index (χ2n) is 4.57. The fraction of sp³-hybridized carbons (Fsp3) is 0.0714. The van der Waals surface area contributed by atoms with Gasteiger partial charge in [0.1, 0.15) is 24.2 Å². The lowest BCUT2D eigenvalue weighted by Crippen LogP contribution is -1.92. The van der Waals surface area contributed by atoms with Crippen molar-refractivity contribution in [2.24, 2.45) is 5.10 Å². The van der Waals surface area contributed by atoms with Crippen molar-refractivity contribution >= 4 is 11.9 Å². The van der Waals surface area contributed by atoms with Gasteiger partial charge in [-0.25, -0.2) is 4.68 Å². The van der Waals surface area contributed by atoms with Gasteiger partial charge in [-0.1, -0.05) is 6.07 Å². The van der Waals surface area contributed by atoms with Crippen LogP contribution in [0.3, 0.4) is 0 Å². The van der Waals surface area contributed by atoms with Gasteiger partial charge in [0.2, 0.25) is 0 Å². The summed E-state index contributed by atoms with van der Waals surface area (Å²) in [5.41, 5.74) is 1.26. The van der Waals surface area contributed by atoms with Crippen molar-refractivity contribution in [1.29, 1.82) is 0 Å². The molecule has 0 unspecified atom stereocenters. The summed E-state index contributed by atoms with van der Waals surface area (Å²) in [7, 11) is 0. The molecule has 8 heteroatoms. The zero-order valence-electron chi connectivity index (χ0n) is 11.6. The molecule has 3 aromatic rings. The molecule has 0 saturated heterocycles. The van der Waals surface area contributed by atoms with Gasteiger partial charge in [-0.15, -0.1) is 10.2 Å². The topological polar surface area (TPSA) is 99.3 Å². The minimum Gasteiger partial charge on any atom is -0.455 e. The summed E-state index contributed by atoms with van der Waals surface area (Å²) >= 11 is 0. The molecule has 0 bridgehead atoms. The first kappa shape index (κ1) is 13.7. The molecule has 2 heterocycles. The number of nitro benzene ring substituents is 1. The Morgan fingerprint density at radius 3 is 2.77 bits per heavy atom. The Hall–Kier alpha value is -3.29. The van der Waals surface area contributed by atoms with Gasteiger partial charge in [0.25, 0.3) is 5.69 Å². The number of benzene rings is 1. The van der Waals surface area contributed by atoms with E-state index in [2.05, 4.69) is 15.3 Å². The van der Waals surface area contributed by atoms with E-state index in [1.807, 2.05) is 0 Å². The first-order valence-electron chi connectivity index (χ1n) is 6.38. The molecule has 0 atom stereocenters. The van der Waals surface area contributed by atoms with E-state index in [4.69, 9.17) is 4.42 Å². The fourth-order valence-electron chi connectivity index (χ4n) is 1.95. The summed E-state index contributed by atoms with van der Waals surface area (Å²) in [5.74, 6) is 0.885. The van der Waals surface area contributed by atoms with Crippen molar-refractivity contribution in [3.8, 4) is 11.3 Å². The molecule has 0 aliphatic rings. The Bertz CT molecular complexity index is 836. The highest BCUT2D eigenvalue weighted by Gasteiger charge is 2.17. The maximum Gasteiger partial charge on any atom is 0.280 e. The lowest BCUT2D eigenvalue weighted by Gasteiger charge is -2.00. The van der Waals surface area contributed by atoms with Gasteiger partial charge in [0.05, 0.1) is 16.7 Å². The van der Waals surface area contributed by atoms with Crippen LogP contribution in [0.25, 0.3) is 11.3 Å². The molecular weight excluding hydrogens is 286 g/mol. The summed E-state index contributed by atoms with van der Waals surface area (Å²) in [6, 6.07) is 8.35. The molecule has 1 aromatic carbocycles. The third-order valence-electron chi connectivity index (χ3n) is 2.97. The number of nitro groups is 1. The number of aryl methyl sites for hydroxylation is 1. The third kappa shape index (κ3) is 2.75. The molecule has 0 saturated carbocycles. The highest BCUT2D eigenvalue weighted by atomic mass is 16.6. The van der Waals surface area contributed by atoms with Crippen molar-refractivity contribution in [2.45, 2.75) is 6.92 Å². The lowest BCUT2D eigenvalue weighted by atomic mass is 10.1. The summed E-state index contributed by atoms with van der Waals surface area (Å²) in [5, 5.41) is 22.5. The molecule has 8 nitrogen and oxygen atoms in total. The first-order chi connectivity index (χ1) is 10.6. The van der Waals surface area contributed by atoms with Crippen LogP contribution in [0.1, 0.15) is 11.3 Å². The number of hydrogen-bond donors (Lipinski definition) is 0. The summed E-state index contributed by atoms with van der Waals surface area (Å²) in [4.78, 5) is 10.7. The van der Waals surface area contributed by atoms with E-state index in [0.717, 1.165) is 5.56 Å². The van der Waals surface area contributed by atoms with Crippen LogP contribution in [0, 0.1) is 17.0 Å². The van der Waals surface area contributed by atoms with E-state index in [-0.39, 0.29) is 5.69 Å². The zero-order valence-corrected chi connectivity index (χ0v) is 11.6. The van der Waals surface area contributed by atoms with E-state index in [9.17, 15) is 10.1 Å². The molecule has 0 radical (unpaired) electrons. The Kier molecular flexibility index (Phi) is 3.48. The molecule has 0 N–H and O–H groups in total. The Labute approximate surface area is 124 Å². The number of nitrogens with zero attached hydrogens (tertiary/aromatic N) is 5. The number of furan rings is 1. The lowest BCUT2D eigenvalue weighted by molar-refractivity contribution is -0.384. The molecule has 0 aliphatic carbocycles. The fourth-order valence-corrected chi connectivity index (χ4v) is 1.95. The summed E-state index contributed by atoms with van der Waals surface area (Å²) in [6.07, 6.45) is 4.35. The quantitative estimate of drug-likeness (QED) is 0.418. The van der Waals surface area contributed by atoms with Crippen molar-refractivity contribution in [1.82, 2.24) is 14.9 Å². The van der Waals surface area contributed by atoms with Crippen LogP contribution in [0.2, 0.25) is 0 Å². The van der Waals surface area contributed by atoms with Crippen LogP contribution in [0.15, 0.2) is 52.5 Å². The van der Waals surface area contributed by atoms with Gasteiger partial charge in [-0.05, 0) is 30.7 Å². The average molecular weight is 297 g/mol. The van der Waals surface area contributed by atoms with Crippen molar-refractivity contribution in [3.63, 3.8) is 0 Å². The van der Waals surface area contributed by atoms with Gasteiger partial charge < -0.3 is 4.42 Å². The van der Waals surface area contributed by atoms with Crippen LogP contribution < -0.4 is 0 Å². The van der Waals surface area contributed by atoms with Crippen LogP contribution in [0.5, 0.6) is 0 Å². The Morgan fingerprint density at radius 1 is 1.27 bits per heavy atom. The van der Waals surface area contributed by atoms with Gasteiger partial charge in [0, 0.05) is 6.07 Å². The van der Waals surface area contributed by atoms with Crippen molar-refractivity contribution in [2.75, 3.05) is 0 Å². The average Bonchev–Trinajstić information content (AvgIpc) is 3.16. The predicted octanol–water partition coefficient (Wildman–Crippen LogP) is 2.64. The van der Waals surface area contributed by atoms with Gasteiger partial charge in [0.15, 0.2) is 0 Å². The van der Waals surface area contributed by atoms with E-state index in [0.29, 0.717) is 17.1 Å².